The standard InChI is InChI=1S/C10H14F3N3O/c11-10(12,13)9(3-6-15-7-9)8(17)16-5-2-1-4-14/h15H,1-3,5-7H2,(H,16,17). The summed E-state index contributed by atoms with van der Waals surface area (Å²) in [5.74, 6) is -0.993. The molecule has 1 unspecified atom stereocenters. The van der Waals surface area contributed by atoms with Crippen LogP contribution in [0.4, 0.5) is 13.2 Å². The van der Waals surface area contributed by atoms with Crippen molar-refractivity contribution in [2.45, 2.75) is 25.4 Å². The monoisotopic (exact) mass is 249 g/mol. The summed E-state index contributed by atoms with van der Waals surface area (Å²) >= 11 is 0. The predicted molar refractivity (Wildman–Crippen MR) is 53.8 cm³/mol. The molecule has 1 rings (SSSR count). The predicted octanol–water partition coefficient (Wildman–Crippen LogP) is 0.948. The van der Waals surface area contributed by atoms with Gasteiger partial charge in [0.2, 0.25) is 5.91 Å². The molecule has 0 aromatic rings. The minimum absolute atomic E-state index is 0.101. The van der Waals surface area contributed by atoms with Gasteiger partial charge in [0.25, 0.3) is 0 Å². The molecule has 0 aromatic heterocycles. The Morgan fingerprint density at radius 1 is 1.53 bits per heavy atom. The van der Waals surface area contributed by atoms with Crippen molar-refractivity contribution in [3.8, 4) is 6.07 Å². The number of rotatable bonds is 4. The number of nitriles is 1. The lowest BCUT2D eigenvalue weighted by Crippen LogP contribution is -2.52. The number of nitrogens with zero attached hydrogens (tertiary/aromatic N) is 1. The summed E-state index contributed by atoms with van der Waals surface area (Å²) in [6.07, 6.45) is -4.20. The fourth-order valence-corrected chi connectivity index (χ4v) is 1.80. The fraction of sp³-hybridized carbons (Fsp3) is 0.800. The second-order valence-corrected chi connectivity index (χ2v) is 4.02. The van der Waals surface area contributed by atoms with Crippen molar-refractivity contribution in [1.29, 1.82) is 5.26 Å². The Balaban J connectivity index is 2.60. The normalized spacial score (nSPS) is 24.4. The lowest BCUT2D eigenvalue weighted by Gasteiger charge is -2.29. The van der Waals surface area contributed by atoms with Gasteiger partial charge in [0.15, 0.2) is 5.41 Å². The Morgan fingerprint density at radius 3 is 2.71 bits per heavy atom. The maximum atomic E-state index is 12.9. The van der Waals surface area contributed by atoms with Crippen molar-refractivity contribution in [3.63, 3.8) is 0 Å². The topological polar surface area (TPSA) is 64.9 Å². The van der Waals surface area contributed by atoms with Crippen LogP contribution in [-0.4, -0.2) is 31.7 Å². The molecule has 0 saturated carbocycles. The SMILES string of the molecule is N#CCCCNC(=O)C1(C(F)(F)F)CCNC1. The van der Waals surface area contributed by atoms with Crippen LogP contribution < -0.4 is 10.6 Å². The van der Waals surface area contributed by atoms with Gasteiger partial charge in [-0.05, 0) is 19.4 Å². The van der Waals surface area contributed by atoms with Gasteiger partial charge >= 0.3 is 6.18 Å². The third-order valence-electron chi connectivity index (χ3n) is 2.88. The van der Waals surface area contributed by atoms with Gasteiger partial charge < -0.3 is 10.6 Å². The highest BCUT2D eigenvalue weighted by Gasteiger charge is 2.61. The number of halogens is 3. The maximum Gasteiger partial charge on any atom is 0.404 e. The smallest absolute Gasteiger partial charge is 0.355 e. The first kappa shape index (κ1) is 13.8. The van der Waals surface area contributed by atoms with Crippen molar-refractivity contribution >= 4 is 5.91 Å². The van der Waals surface area contributed by atoms with Gasteiger partial charge in [-0.1, -0.05) is 0 Å². The molecule has 4 nitrogen and oxygen atoms in total. The summed E-state index contributed by atoms with van der Waals surface area (Å²) in [5.41, 5.74) is -2.31. The van der Waals surface area contributed by atoms with E-state index in [-0.39, 0.29) is 32.5 Å². The molecule has 0 bridgehead atoms. The van der Waals surface area contributed by atoms with Crippen LogP contribution in [0, 0.1) is 16.7 Å². The molecular weight excluding hydrogens is 235 g/mol. The van der Waals surface area contributed by atoms with Crippen molar-refractivity contribution in [2.75, 3.05) is 19.6 Å². The minimum Gasteiger partial charge on any atom is -0.355 e. The second-order valence-electron chi connectivity index (χ2n) is 4.02. The summed E-state index contributed by atoms with van der Waals surface area (Å²) in [4.78, 5) is 11.6. The van der Waals surface area contributed by atoms with Crippen molar-refractivity contribution < 1.29 is 18.0 Å². The Labute approximate surface area is 97.2 Å². The number of alkyl halides is 3. The summed E-state index contributed by atoms with van der Waals surface area (Å²) in [5, 5.41) is 13.1. The van der Waals surface area contributed by atoms with Gasteiger partial charge in [-0.25, -0.2) is 0 Å². The third-order valence-corrected chi connectivity index (χ3v) is 2.88. The molecule has 1 heterocycles. The number of amides is 1. The van der Waals surface area contributed by atoms with E-state index < -0.39 is 17.5 Å². The molecule has 0 spiro atoms. The van der Waals surface area contributed by atoms with E-state index in [9.17, 15) is 18.0 Å². The van der Waals surface area contributed by atoms with Gasteiger partial charge in [0.1, 0.15) is 0 Å². The number of unbranched alkanes of at least 4 members (excludes halogenated alkanes) is 1. The first-order valence-corrected chi connectivity index (χ1v) is 5.37. The number of nitrogens with one attached hydrogen (secondary N) is 2. The van der Waals surface area contributed by atoms with E-state index in [1.54, 1.807) is 0 Å². The number of carbonyl (C=O) groups excluding carboxylic acids is 1. The molecule has 1 saturated heterocycles. The molecule has 0 aromatic carbocycles. The van der Waals surface area contributed by atoms with Crippen LogP contribution in [0.1, 0.15) is 19.3 Å². The molecular formula is C10H14F3N3O. The highest BCUT2D eigenvalue weighted by molar-refractivity contribution is 5.84. The summed E-state index contributed by atoms with van der Waals surface area (Å²) in [6, 6.07) is 1.86. The van der Waals surface area contributed by atoms with E-state index in [4.69, 9.17) is 5.26 Å². The van der Waals surface area contributed by atoms with Crippen LogP contribution >= 0.6 is 0 Å². The van der Waals surface area contributed by atoms with E-state index in [1.807, 2.05) is 6.07 Å². The van der Waals surface area contributed by atoms with E-state index >= 15 is 0 Å². The molecule has 7 heteroatoms. The van der Waals surface area contributed by atoms with Gasteiger partial charge in [0.05, 0.1) is 6.07 Å². The molecule has 1 aliphatic heterocycles. The number of carbonyl (C=O) groups is 1. The highest BCUT2D eigenvalue weighted by Crippen LogP contribution is 2.43. The molecule has 17 heavy (non-hydrogen) atoms. The molecule has 1 amide bonds. The zero-order valence-corrected chi connectivity index (χ0v) is 9.23. The summed E-state index contributed by atoms with van der Waals surface area (Å²) < 4.78 is 38.7. The lowest BCUT2D eigenvalue weighted by atomic mass is 9.85. The minimum atomic E-state index is -4.55. The Morgan fingerprint density at radius 2 is 2.24 bits per heavy atom. The molecule has 0 aliphatic carbocycles. The second kappa shape index (κ2) is 5.36. The van der Waals surface area contributed by atoms with Gasteiger partial charge in [0, 0.05) is 19.5 Å². The molecule has 1 aliphatic rings. The number of hydrogen-bond donors (Lipinski definition) is 2. The van der Waals surface area contributed by atoms with Crippen LogP contribution in [0.25, 0.3) is 0 Å². The van der Waals surface area contributed by atoms with Crippen molar-refractivity contribution in [1.82, 2.24) is 10.6 Å². The van der Waals surface area contributed by atoms with E-state index in [2.05, 4.69) is 10.6 Å². The fourth-order valence-electron chi connectivity index (χ4n) is 1.80. The molecule has 1 atom stereocenters. The van der Waals surface area contributed by atoms with Crippen molar-refractivity contribution in [2.24, 2.45) is 5.41 Å². The van der Waals surface area contributed by atoms with E-state index in [0.717, 1.165) is 0 Å². The zero-order chi connectivity index (χ0) is 12.9. The average Bonchev–Trinajstić information content (AvgIpc) is 2.73. The van der Waals surface area contributed by atoms with Crippen LogP contribution in [-0.2, 0) is 4.79 Å². The van der Waals surface area contributed by atoms with Gasteiger partial charge in [-0.15, -0.1) is 0 Å². The molecule has 2 N–H and O–H groups in total. The summed E-state index contributed by atoms with van der Waals surface area (Å²) in [7, 11) is 0. The van der Waals surface area contributed by atoms with Crippen molar-refractivity contribution in [3.05, 3.63) is 0 Å². The lowest BCUT2D eigenvalue weighted by molar-refractivity contribution is -0.216. The van der Waals surface area contributed by atoms with E-state index in [1.165, 1.54) is 0 Å². The quantitative estimate of drug-likeness (QED) is 0.729. The van der Waals surface area contributed by atoms with Gasteiger partial charge in [-0.2, -0.15) is 18.4 Å². The zero-order valence-electron chi connectivity index (χ0n) is 9.23. The van der Waals surface area contributed by atoms with E-state index in [0.29, 0.717) is 6.42 Å². The maximum absolute atomic E-state index is 12.9. The number of hydrogen-bond acceptors (Lipinski definition) is 3. The van der Waals surface area contributed by atoms with Crippen LogP contribution in [0.5, 0.6) is 0 Å². The van der Waals surface area contributed by atoms with Crippen LogP contribution in [0.2, 0.25) is 0 Å². The summed E-state index contributed by atoms with van der Waals surface area (Å²) in [6.45, 7) is -0.0874. The molecule has 1 fully saturated rings. The highest BCUT2D eigenvalue weighted by atomic mass is 19.4. The molecule has 96 valence electrons. The molecule has 0 radical (unpaired) electrons. The van der Waals surface area contributed by atoms with Crippen LogP contribution in [0.15, 0.2) is 0 Å². The Bertz CT molecular complexity index is 316. The van der Waals surface area contributed by atoms with Crippen LogP contribution in [0.3, 0.4) is 0 Å². The van der Waals surface area contributed by atoms with Gasteiger partial charge in [-0.3, -0.25) is 4.79 Å². The largest absolute Gasteiger partial charge is 0.404 e. The first-order valence-electron chi connectivity index (χ1n) is 5.37. The Kier molecular flexibility index (Phi) is 4.34. The first-order chi connectivity index (χ1) is 7.94. The third kappa shape index (κ3) is 2.88. The Hall–Kier alpha value is -1.29. The average molecular weight is 249 g/mol.